The fourth-order valence-electron chi connectivity index (χ4n) is 4.23. The van der Waals surface area contributed by atoms with Gasteiger partial charge in [0.25, 0.3) is 11.1 Å². The third-order valence-electron chi connectivity index (χ3n) is 6.48. The van der Waals surface area contributed by atoms with Crippen molar-refractivity contribution in [2.24, 2.45) is 0 Å². The number of alkyl halides is 6. The number of nitrogens with one attached hydrogen (secondary N) is 1. The molecule has 0 bridgehead atoms. The van der Waals surface area contributed by atoms with Crippen LogP contribution in [0.3, 0.4) is 0 Å². The maximum Gasteiger partial charge on any atom is 0.417 e. The molecule has 21 heteroatoms. The summed E-state index contributed by atoms with van der Waals surface area (Å²) in [5.41, 5.74) is 1.14. The zero-order chi connectivity index (χ0) is 39.1. The highest BCUT2D eigenvalue weighted by molar-refractivity contribution is 6.67. The molecule has 0 unspecified atom stereocenters. The normalized spacial score (nSPS) is 11.2. The number of nitrogens with two attached hydrogens (primary N) is 1. The second-order valence-electron chi connectivity index (χ2n) is 10.0. The quantitative estimate of drug-likeness (QED) is 0.134. The van der Waals surface area contributed by atoms with E-state index in [1.807, 2.05) is 0 Å². The Hall–Kier alpha value is -6.31. The second-order valence-corrected chi connectivity index (χ2v) is 10.4. The van der Waals surface area contributed by atoms with Crippen LogP contribution in [0.4, 0.5) is 55.8 Å². The molecule has 0 saturated heterocycles. The van der Waals surface area contributed by atoms with Crippen LogP contribution >= 0.6 is 11.6 Å². The monoisotopic (exact) mass is 772 g/mol. The van der Waals surface area contributed by atoms with Crippen molar-refractivity contribution in [2.45, 2.75) is 12.4 Å². The predicted octanol–water partition coefficient (Wildman–Crippen LogP) is 8.03. The van der Waals surface area contributed by atoms with E-state index in [0.717, 1.165) is 82.7 Å². The van der Waals surface area contributed by atoms with Gasteiger partial charge in [-0.05, 0) is 60.1 Å². The Morgan fingerprint density at radius 2 is 1.02 bits per heavy atom. The van der Waals surface area contributed by atoms with Crippen molar-refractivity contribution in [3.63, 3.8) is 0 Å². The van der Waals surface area contributed by atoms with E-state index in [9.17, 15) is 53.5 Å². The molecule has 1 amide bonds. The number of anilines is 2. The molecule has 0 aliphatic carbocycles. The first-order valence-electron chi connectivity index (χ1n) is 14.2. The van der Waals surface area contributed by atoms with Crippen molar-refractivity contribution >= 4 is 34.6 Å². The fourth-order valence-corrected chi connectivity index (χ4v) is 4.39. The Balaban J connectivity index is 0.000000196. The lowest BCUT2D eigenvalue weighted by Crippen LogP contribution is -2.19. The number of hydrogen-bond acceptors (Lipinski definition) is 7. The van der Waals surface area contributed by atoms with E-state index in [1.165, 1.54) is 24.3 Å². The number of benzene rings is 4. The number of carbonyl (C=O) groups excluding carboxylic acids is 2. The number of nitrogen functional groups attached to an aromatic ring is 1. The van der Waals surface area contributed by atoms with Gasteiger partial charge in [0.15, 0.2) is 23.3 Å². The standard InChI is InChI=1S/C16H9F5N4O.C8H4ClF3O.C8H6F2N4/c17-11-6-3-7-12(18)13(11)25-8-22-15(24-25)23-14(26)9-4-1-2-5-10(9)16(19,20)21;9-7(13)5-3-1-2-4-6(5)8(10,11)12;9-5-2-1-3-6(10)7(5)14-4-12-8(11)13-14/h1-8H,(H,23,24,26);1-4H;1-4H,(H2,11,13). The molecule has 0 aliphatic rings. The fraction of sp³-hybridized carbons (Fsp3) is 0.0625. The first-order valence-corrected chi connectivity index (χ1v) is 14.6. The molecule has 0 fully saturated rings. The van der Waals surface area contributed by atoms with Crippen molar-refractivity contribution in [3.8, 4) is 11.4 Å². The molecule has 53 heavy (non-hydrogen) atoms. The summed E-state index contributed by atoms with van der Waals surface area (Å²) in [6.45, 7) is 0. The van der Waals surface area contributed by atoms with Gasteiger partial charge in [0.05, 0.1) is 16.7 Å². The minimum atomic E-state index is -4.73. The van der Waals surface area contributed by atoms with E-state index in [4.69, 9.17) is 17.3 Å². The number of nitrogens with zero attached hydrogens (tertiary/aromatic N) is 6. The van der Waals surface area contributed by atoms with E-state index in [0.29, 0.717) is 0 Å². The lowest BCUT2D eigenvalue weighted by Gasteiger charge is -2.11. The summed E-state index contributed by atoms with van der Waals surface area (Å²) in [6, 6.07) is 15.2. The van der Waals surface area contributed by atoms with Crippen molar-refractivity contribution in [3.05, 3.63) is 143 Å². The van der Waals surface area contributed by atoms with Gasteiger partial charge >= 0.3 is 12.4 Å². The van der Waals surface area contributed by atoms with Gasteiger partial charge in [-0.15, -0.1) is 10.2 Å². The summed E-state index contributed by atoms with van der Waals surface area (Å²) >= 11 is 4.98. The van der Waals surface area contributed by atoms with Gasteiger partial charge in [0.1, 0.15) is 24.0 Å². The van der Waals surface area contributed by atoms with Gasteiger partial charge in [-0.2, -0.15) is 31.3 Å². The average molecular weight is 773 g/mol. The SMILES string of the molecule is Nc1ncn(-c2c(F)cccc2F)n1.O=C(Cl)c1ccccc1C(F)(F)F.O=C(Nc1ncn(-c2c(F)cccc2F)n1)c1ccccc1C(F)(F)F. The van der Waals surface area contributed by atoms with Crippen LogP contribution < -0.4 is 11.1 Å². The zero-order valence-corrected chi connectivity index (χ0v) is 26.7. The number of amides is 1. The van der Waals surface area contributed by atoms with E-state index >= 15 is 0 Å². The lowest BCUT2D eigenvalue weighted by molar-refractivity contribution is -0.138. The molecule has 6 rings (SSSR count). The minimum absolute atomic E-state index is 0.0346. The Morgan fingerprint density at radius 1 is 0.604 bits per heavy atom. The highest BCUT2D eigenvalue weighted by atomic mass is 35.5. The van der Waals surface area contributed by atoms with E-state index < -0.39 is 80.7 Å². The molecule has 0 saturated carbocycles. The third-order valence-corrected chi connectivity index (χ3v) is 6.68. The average Bonchev–Trinajstić information content (AvgIpc) is 3.73. The molecule has 276 valence electrons. The summed E-state index contributed by atoms with van der Waals surface area (Å²) < 4.78 is 131. The van der Waals surface area contributed by atoms with Gasteiger partial charge in [0, 0.05) is 5.56 Å². The number of para-hydroxylation sites is 2. The van der Waals surface area contributed by atoms with E-state index in [-0.39, 0.29) is 11.6 Å². The number of rotatable bonds is 5. The lowest BCUT2D eigenvalue weighted by atomic mass is 10.1. The molecular formula is C32H19ClF10N8O2. The molecule has 0 radical (unpaired) electrons. The summed E-state index contributed by atoms with van der Waals surface area (Å²) in [5, 5.41) is 8.25. The topological polar surface area (TPSA) is 134 Å². The Kier molecular flexibility index (Phi) is 12.2. The number of hydrogen-bond donors (Lipinski definition) is 2. The van der Waals surface area contributed by atoms with Crippen molar-refractivity contribution in [1.29, 1.82) is 0 Å². The largest absolute Gasteiger partial charge is 0.417 e. The highest BCUT2D eigenvalue weighted by Crippen LogP contribution is 2.33. The summed E-state index contributed by atoms with van der Waals surface area (Å²) in [5.74, 6) is -4.82. The summed E-state index contributed by atoms with van der Waals surface area (Å²) in [7, 11) is 0. The number of halogens is 11. The number of carbonyl (C=O) groups is 2. The third kappa shape index (κ3) is 9.94. The van der Waals surface area contributed by atoms with Crippen molar-refractivity contribution in [1.82, 2.24) is 29.5 Å². The Bertz CT molecular complexity index is 2200. The van der Waals surface area contributed by atoms with Gasteiger partial charge < -0.3 is 5.73 Å². The van der Waals surface area contributed by atoms with Gasteiger partial charge in [-0.3, -0.25) is 14.9 Å². The predicted molar refractivity (Wildman–Crippen MR) is 168 cm³/mol. The van der Waals surface area contributed by atoms with Crippen LogP contribution in [-0.2, 0) is 12.4 Å². The van der Waals surface area contributed by atoms with Gasteiger partial charge in [-0.25, -0.2) is 31.9 Å². The zero-order valence-electron chi connectivity index (χ0n) is 26.0. The van der Waals surface area contributed by atoms with Crippen LogP contribution in [0.15, 0.2) is 97.6 Å². The van der Waals surface area contributed by atoms with Crippen molar-refractivity contribution in [2.75, 3.05) is 11.1 Å². The molecule has 4 aromatic carbocycles. The first-order chi connectivity index (χ1) is 24.9. The number of aromatic nitrogens is 6. The van der Waals surface area contributed by atoms with Crippen LogP contribution in [0.2, 0.25) is 0 Å². The molecule has 3 N–H and O–H groups in total. The maximum atomic E-state index is 13.7. The molecule has 0 atom stereocenters. The second kappa shape index (κ2) is 16.4. The Labute approximate surface area is 295 Å². The molecule has 2 heterocycles. The molecule has 0 aliphatic heterocycles. The van der Waals surface area contributed by atoms with Gasteiger partial charge in [0.2, 0.25) is 11.9 Å². The smallest absolute Gasteiger partial charge is 0.366 e. The highest BCUT2D eigenvalue weighted by Gasteiger charge is 2.35. The maximum absolute atomic E-state index is 13.7. The molecular weight excluding hydrogens is 754 g/mol. The first kappa shape index (κ1) is 39.5. The minimum Gasteiger partial charge on any atom is -0.366 e. The van der Waals surface area contributed by atoms with E-state index in [1.54, 1.807) is 0 Å². The van der Waals surface area contributed by atoms with E-state index in [2.05, 4.69) is 25.5 Å². The molecule has 6 aromatic rings. The molecule has 0 spiro atoms. The van der Waals surface area contributed by atoms with Crippen molar-refractivity contribution < 1.29 is 53.5 Å². The van der Waals surface area contributed by atoms with Crippen LogP contribution in [0, 0.1) is 23.3 Å². The summed E-state index contributed by atoms with van der Waals surface area (Å²) in [6.07, 6.45) is -7.19. The van der Waals surface area contributed by atoms with Gasteiger partial charge in [-0.1, -0.05) is 36.4 Å². The van der Waals surface area contributed by atoms with Crippen LogP contribution in [0.25, 0.3) is 11.4 Å². The summed E-state index contributed by atoms with van der Waals surface area (Å²) in [4.78, 5) is 29.9. The Morgan fingerprint density at radius 3 is 1.43 bits per heavy atom. The molecule has 10 nitrogen and oxygen atoms in total. The van der Waals surface area contributed by atoms with Crippen LogP contribution in [-0.4, -0.2) is 40.7 Å². The van der Waals surface area contributed by atoms with Crippen LogP contribution in [0.1, 0.15) is 31.8 Å². The van der Waals surface area contributed by atoms with Crippen LogP contribution in [0.5, 0.6) is 0 Å². The molecule has 2 aromatic heterocycles.